The molecule has 0 aliphatic heterocycles. The summed E-state index contributed by atoms with van der Waals surface area (Å²) in [5, 5.41) is 0.681. The predicted molar refractivity (Wildman–Crippen MR) is 61.7 cm³/mol. The summed E-state index contributed by atoms with van der Waals surface area (Å²) >= 11 is 5.75. The molecule has 1 aromatic rings. The molecule has 2 nitrogen and oxygen atoms in total. The molecule has 0 spiro atoms. The molecule has 80 valence electrons. The van der Waals surface area contributed by atoms with Crippen LogP contribution in [0.2, 0.25) is 5.02 Å². The highest BCUT2D eigenvalue weighted by Crippen LogP contribution is 2.12. The molecule has 0 fully saturated rings. The second kappa shape index (κ2) is 5.56. The van der Waals surface area contributed by atoms with E-state index in [1.54, 1.807) is 32.1 Å². The standard InChI is InChI=1S/C12H13ClO2/c1-3-15-12(14)9(2)8-10-4-6-11(13)7-5-10/h4-8H,3H2,1-2H3/b9-8-. The Kier molecular flexibility index (Phi) is 4.37. The van der Waals surface area contributed by atoms with Crippen molar-refractivity contribution in [1.29, 1.82) is 0 Å². The molecule has 15 heavy (non-hydrogen) atoms. The molecule has 0 radical (unpaired) electrons. The van der Waals surface area contributed by atoms with Gasteiger partial charge in [0.2, 0.25) is 0 Å². The van der Waals surface area contributed by atoms with E-state index < -0.39 is 0 Å². The zero-order valence-corrected chi connectivity index (χ0v) is 9.54. The predicted octanol–water partition coefficient (Wildman–Crippen LogP) is 3.31. The van der Waals surface area contributed by atoms with E-state index in [2.05, 4.69) is 0 Å². The number of hydrogen-bond acceptors (Lipinski definition) is 2. The average Bonchev–Trinajstić information content (AvgIpc) is 2.22. The number of ether oxygens (including phenoxy) is 1. The van der Waals surface area contributed by atoms with Crippen LogP contribution in [0.25, 0.3) is 6.08 Å². The SMILES string of the molecule is CCOC(=O)/C(C)=C\c1ccc(Cl)cc1. The van der Waals surface area contributed by atoms with Gasteiger partial charge >= 0.3 is 5.97 Å². The highest BCUT2D eigenvalue weighted by molar-refractivity contribution is 6.30. The monoisotopic (exact) mass is 224 g/mol. The maximum Gasteiger partial charge on any atom is 0.333 e. The third-order valence-corrected chi connectivity index (χ3v) is 2.10. The van der Waals surface area contributed by atoms with E-state index in [0.717, 1.165) is 5.56 Å². The molecule has 0 unspecified atom stereocenters. The maximum atomic E-state index is 11.3. The van der Waals surface area contributed by atoms with Gasteiger partial charge in [-0.25, -0.2) is 4.79 Å². The number of carbonyl (C=O) groups excluding carboxylic acids is 1. The lowest BCUT2D eigenvalue weighted by molar-refractivity contribution is -0.138. The molecule has 0 aromatic heterocycles. The molecule has 0 aliphatic rings. The Hall–Kier alpha value is -1.28. The van der Waals surface area contributed by atoms with Gasteiger partial charge in [0.25, 0.3) is 0 Å². The molecule has 3 heteroatoms. The number of esters is 1. The Morgan fingerprint density at radius 3 is 2.53 bits per heavy atom. The van der Waals surface area contributed by atoms with E-state index in [9.17, 15) is 4.79 Å². The average molecular weight is 225 g/mol. The van der Waals surface area contributed by atoms with Crippen LogP contribution >= 0.6 is 11.6 Å². The Bertz CT molecular complexity index is 366. The minimum atomic E-state index is -0.285. The quantitative estimate of drug-likeness (QED) is 0.582. The van der Waals surface area contributed by atoms with E-state index >= 15 is 0 Å². The minimum absolute atomic E-state index is 0.285. The van der Waals surface area contributed by atoms with Crippen LogP contribution in [-0.4, -0.2) is 12.6 Å². The molecule has 0 heterocycles. The Morgan fingerprint density at radius 2 is 2.00 bits per heavy atom. The Labute approximate surface area is 94.5 Å². The molecule has 0 bridgehead atoms. The van der Waals surface area contributed by atoms with Gasteiger partial charge in [0.05, 0.1) is 6.61 Å². The summed E-state index contributed by atoms with van der Waals surface area (Å²) in [7, 11) is 0. The topological polar surface area (TPSA) is 26.3 Å². The van der Waals surface area contributed by atoms with Crippen molar-refractivity contribution in [1.82, 2.24) is 0 Å². The summed E-state index contributed by atoms with van der Waals surface area (Å²) in [5.74, 6) is -0.285. The van der Waals surface area contributed by atoms with Crippen molar-refractivity contribution in [2.45, 2.75) is 13.8 Å². The van der Waals surface area contributed by atoms with Gasteiger partial charge in [-0.2, -0.15) is 0 Å². The second-order valence-electron chi connectivity index (χ2n) is 3.10. The number of benzene rings is 1. The second-order valence-corrected chi connectivity index (χ2v) is 3.54. The van der Waals surface area contributed by atoms with Crippen LogP contribution in [0.3, 0.4) is 0 Å². The highest BCUT2D eigenvalue weighted by Gasteiger charge is 2.03. The summed E-state index contributed by atoms with van der Waals surface area (Å²) in [6.07, 6.45) is 1.77. The van der Waals surface area contributed by atoms with E-state index in [4.69, 9.17) is 16.3 Å². The van der Waals surface area contributed by atoms with E-state index in [1.807, 2.05) is 12.1 Å². The molecular weight excluding hydrogens is 212 g/mol. The van der Waals surface area contributed by atoms with E-state index in [1.165, 1.54) is 0 Å². The van der Waals surface area contributed by atoms with Crippen LogP contribution in [0.15, 0.2) is 29.8 Å². The fourth-order valence-corrected chi connectivity index (χ4v) is 1.24. The molecular formula is C12H13ClO2. The maximum absolute atomic E-state index is 11.3. The van der Waals surface area contributed by atoms with Crippen LogP contribution in [0.1, 0.15) is 19.4 Å². The van der Waals surface area contributed by atoms with Gasteiger partial charge in [0.1, 0.15) is 0 Å². The minimum Gasteiger partial charge on any atom is -0.463 e. The van der Waals surface area contributed by atoms with Crippen LogP contribution in [0.5, 0.6) is 0 Å². The van der Waals surface area contributed by atoms with Crippen molar-refractivity contribution in [3.05, 3.63) is 40.4 Å². The van der Waals surface area contributed by atoms with Gasteiger partial charge in [0, 0.05) is 10.6 Å². The van der Waals surface area contributed by atoms with Gasteiger partial charge in [-0.15, -0.1) is 0 Å². The van der Waals surface area contributed by atoms with Crippen molar-refractivity contribution in [3.63, 3.8) is 0 Å². The third kappa shape index (κ3) is 3.76. The first-order valence-electron chi connectivity index (χ1n) is 4.74. The first-order valence-corrected chi connectivity index (χ1v) is 5.12. The fraction of sp³-hybridized carbons (Fsp3) is 0.250. The number of hydrogen-bond donors (Lipinski definition) is 0. The molecule has 0 amide bonds. The number of carbonyl (C=O) groups is 1. The first-order chi connectivity index (χ1) is 7.13. The van der Waals surface area contributed by atoms with Crippen molar-refractivity contribution >= 4 is 23.6 Å². The van der Waals surface area contributed by atoms with Crippen LogP contribution < -0.4 is 0 Å². The normalized spacial score (nSPS) is 11.3. The van der Waals surface area contributed by atoms with Gasteiger partial charge in [-0.3, -0.25) is 0 Å². The molecule has 1 rings (SSSR count). The van der Waals surface area contributed by atoms with Crippen LogP contribution in [-0.2, 0) is 9.53 Å². The molecule has 0 atom stereocenters. The fourth-order valence-electron chi connectivity index (χ4n) is 1.11. The van der Waals surface area contributed by atoms with Crippen LogP contribution in [0.4, 0.5) is 0 Å². The highest BCUT2D eigenvalue weighted by atomic mass is 35.5. The molecule has 1 aromatic carbocycles. The van der Waals surface area contributed by atoms with Crippen molar-refractivity contribution < 1.29 is 9.53 Å². The molecule has 0 N–H and O–H groups in total. The van der Waals surface area contributed by atoms with E-state index in [0.29, 0.717) is 17.2 Å². The smallest absolute Gasteiger partial charge is 0.333 e. The Morgan fingerprint density at radius 1 is 1.40 bits per heavy atom. The Balaban J connectivity index is 2.78. The lowest BCUT2D eigenvalue weighted by Gasteiger charge is -2.01. The van der Waals surface area contributed by atoms with E-state index in [-0.39, 0.29) is 5.97 Å². The summed E-state index contributed by atoms with van der Waals surface area (Å²) in [6, 6.07) is 7.27. The van der Waals surface area contributed by atoms with Gasteiger partial charge in [0.15, 0.2) is 0 Å². The van der Waals surface area contributed by atoms with Crippen molar-refractivity contribution in [2.24, 2.45) is 0 Å². The lowest BCUT2D eigenvalue weighted by atomic mass is 10.1. The van der Waals surface area contributed by atoms with Gasteiger partial charge in [-0.1, -0.05) is 23.7 Å². The first kappa shape index (κ1) is 11.8. The summed E-state index contributed by atoms with van der Waals surface area (Å²) in [6.45, 7) is 3.91. The van der Waals surface area contributed by atoms with Crippen molar-refractivity contribution in [2.75, 3.05) is 6.61 Å². The largest absolute Gasteiger partial charge is 0.463 e. The zero-order valence-electron chi connectivity index (χ0n) is 8.79. The summed E-state index contributed by atoms with van der Waals surface area (Å²) in [4.78, 5) is 11.3. The summed E-state index contributed by atoms with van der Waals surface area (Å²) < 4.78 is 4.87. The van der Waals surface area contributed by atoms with Gasteiger partial charge < -0.3 is 4.74 Å². The molecule has 0 saturated heterocycles. The zero-order chi connectivity index (χ0) is 11.3. The lowest BCUT2D eigenvalue weighted by Crippen LogP contribution is -2.04. The van der Waals surface area contributed by atoms with Gasteiger partial charge in [-0.05, 0) is 37.6 Å². The van der Waals surface area contributed by atoms with Crippen LogP contribution in [0, 0.1) is 0 Å². The molecule has 0 saturated carbocycles. The van der Waals surface area contributed by atoms with Crippen molar-refractivity contribution in [3.8, 4) is 0 Å². The third-order valence-electron chi connectivity index (χ3n) is 1.85. The number of halogens is 1. The number of rotatable bonds is 3. The molecule has 0 aliphatic carbocycles. The summed E-state index contributed by atoms with van der Waals surface area (Å²) in [5.41, 5.74) is 1.52.